The van der Waals surface area contributed by atoms with Crippen molar-refractivity contribution < 1.29 is 8.78 Å². The highest BCUT2D eigenvalue weighted by molar-refractivity contribution is 9.11. The van der Waals surface area contributed by atoms with E-state index in [1.54, 1.807) is 24.3 Å². The molecule has 0 fully saturated rings. The minimum atomic E-state index is -3.04. The van der Waals surface area contributed by atoms with Crippen LogP contribution in [-0.4, -0.2) is 5.92 Å². The minimum absolute atomic E-state index is 0.303. The molecule has 0 N–H and O–H groups in total. The van der Waals surface area contributed by atoms with Crippen molar-refractivity contribution >= 4 is 27.7 Å². The van der Waals surface area contributed by atoms with Gasteiger partial charge in [0.25, 0.3) is 5.92 Å². The summed E-state index contributed by atoms with van der Waals surface area (Å²) in [5.41, 5.74) is 0.576. The lowest BCUT2D eigenvalue weighted by Gasteiger charge is -2.26. The van der Waals surface area contributed by atoms with Gasteiger partial charge in [-0.1, -0.05) is 55.1 Å². The van der Waals surface area contributed by atoms with Gasteiger partial charge in [0.15, 0.2) is 0 Å². The van der Waals surface area contributed by atoms with Gasteiger partial charge in [-0.3, -0.25) is 0 Å². The Morgan fingerprint density at radius 2 is 1.50 bits per heavy atom. The number of hydrogen-bond donors (Lipinski definition) is 0. The molecule has 0 aliphatic carbocycles. The molecular weight excluding hydrogens is 342 g/mol. The summed E-state index contributed by atoms with van der Waals surface area (Å²) < 4.78 is 28.5. The molecule has 104 valence electrons. The van der Waals surface area contributed by atoms with Crippen molar-refractivity contribution in [1.82, 2.24) is 0 Å². The second kappa shape index (κ2) is 6.55. The number of hydrogen-bond acceptors (Lipinski definition) is 1. The van der Waals surface area contributed by atoms with Crippen LogP contribution in [0.3, 0.4) is 0 Å². The van der Waals surface area contributed by atoms with Crippen molar-refractivity contribution in [3.63, 3.8) is 0 Å². The molecule has 2 rings (SSSR count). The van der Waals surface area contributed by atoms with Crippen molar-refractivity contribution in [2.45, 2.75) is 16.1 Å². The van der Waals surface area contributed by atoms with Crippen molar-refractivity contribution in [3.8, 4) is 0 Å². The molecular formula is C16H13BrF2S. The van der Waals surface area contributed by atoms with Gasteiger partial charge in [-0.05, 0) is 33.6 Å². The molecule has 0 heterocycles. The van der Waals surface area contributed by atoms with E-state index in [1.165, 1.54) is 0 Å². The number of halogens is 3. The predicted octanol–water partition coefficient (Wildman–Crippen LogP) is 6.06. The fraction of sp³-hybridized carbons (Fsp3) is 0.125. The lowest BCUT2D eigenvalue weighted by Crippen LogP contribution is -2.24. The van der Waals surface area contributed by atoms with Gasteiger partial charge < -0.3 is 0 Å². The summed E-state index contributed by atoms with van der Waals surface area (Å²) >= 11 is 3.99. The van der Waals surface area contributed by atoms with Crippen molar-refractivity contribution in [2.24, 2.45) is 0 Å². The standard InChI is InChI=1S/C16H13BrF2S/c1-12(17)16(18,19)15(13-8-4-2-5-9-13)20-14-10-6-3-7-11-14/h2-11,15H,1H2. The predicted molar refractivity (Wildman–Crippen MR) is 84.5 cm³/mol. The Morgan fingerprint density at radius 3 is 2.00 bits per heavy atom. The molecule has 0 amide bonds. The van der Waals surface area contributed by atoms with Gasteiger partial charge in [-0.2, -0.15) is 8.78 Å². The summed E-state index contributed by atoms with van der Waals surface area (Å²) in [6.07, 6.45) is 0. The van der Waals surface area contributed by atoms with E-state index in [4.69, 9.17) is 0 Å². The first kappa shape index (κ1) is 15.3. The van der Waals surface area contributed by atoms with Crippen molar-refractivity contribution in [3.05, 3.63) is 77.3 Å². The summed E-state index contributed by atoms with van der Waals surface area (Å²) in [7, 11) is 0. The van der Waals surface area contributed by atoms with Crippen LogP contribution in [0, 0.1) is 0 Å². The molecule has 0 nitrogen and oxygen atoms in total. The number of allylic oxidation sites excluding steroid dienone is 1. The van der Waals surface area contributed by atoms with Crippen LogP contribution < -0.4 is 0 Å². The van der Waals surface area contributed by atoms with Crippen LogP contribution in [0.25, 0.3) is 0 Å². The van der Waals surface area contributed by atoms with E-state index in [9.17, 15) is 8.78 Å². The zero-order valence-corrected chi connectivity index (χ0v) is 13.0. The van der Waals surface area contributed by atoms with E-state index >= 15 is 0 Å². The van der Waals surface area contributed by atoms with Crippen LogP contribution in [0.1, 0.15) is 10.8 Å². The summed E-state index contributed by atoms with van der Waals surface area (Å²) in [6, 6.07) is 18.0. The molecule has 0 spiro atoms. The van der Waals surface area contributed by atoms with Gasteiger partial charge in [0.2, 0.25) is 0 Å². The van der Waals surface area contributed by atoms with Gasteiger partial charge in [0.1, 0.15) is 5.25 Å². The fourth-order valence-electron chi connectivity index (χ4n) is 1.76. The third kappa shape index (κ3) is 3.49. The van der Waals surface area contributed by atoms with Gasteiger partial charge in [0, 0.05) is 4.90 Å². The van der Waals surface area contributed by atoms with Crippen molar-refractivity contribution in [1.29, 1.82) is 0 Å². The maximum atomic E-state index is 14.4. The number of rotatable bonds is 5. The highest BCUT2D eigenvalue weighted by Gasteiger charge is 2.43. The van der Waals surface area contributed by atoms with Gasteiger partial charge in [-0.25, -0.2) is 0 Å². The van der Waals surface area contributed by atoms with Crippen molar-refractivity contribution in [2.75, 3.05) is 0 Å². The monoisotopic (exact) mass is 354 g/mol. The molecule has 0 saturated heterocycles. The molecule has 0 aliphatic rings. The Kier molecular flexibility index (Phi) is 5.00. The summed E-state index contributed by atoms with van der Waals surface area (Å²) in [5.74, 6) is -3.04. The van der Waals surface area contributed by atoms with Crippen LogP contribution in [0.4, 0.5) is 8.78 Å². The van der Waals surface area contributed by atoms with Crippen LogP contribution in [0.5, 0.6) is 0 Å². The normalized spacial score (nSPS) is 12.9. The second-order valence-electron chi connectivity index (χ2n) is 4.25. The molecule has 0 saturated carbocycles. The summed E-state index contributed by atoms with van der Waals surface area (Å²) in [6.45, 7) is 3.37. The molecule has 1 unspecified atom stereocenters. The molecule has 20 heavy (non-hydrogen) atoms. The zero-order valence-electron chi connectivity index (χ0n) is 10.6. The Labute approximate surface area is 130 Å². The van der Waals surface area contributed by atoms with E-state index in [0.29, 0.717) is 5.56 Å². The minimum Gasteiger partial charge on any atom is -0.199 e. The lowest BCUT2D eigenvalue weighted by molar-refractivity contribution is 0.0493. The van der Waals surface area contributed by atoms with E-state index in [2.05, 4.69) is 22.5 Å². The Hall–Kier alpha value is -1.13. The number of alkyl halides is 2. The van der Waals surface area contributed by atoms with Crippen LogP contribution in [-0.2, 0) is 0 Å². The topological polar surface area (TPSA) is 0 Å². The first-order chi connectivity index (χ1) is 9.51. The van der Waals surface area contributed by atoms with E-state index in [-0.39, 0.29) is 4.48 Å². The average molecular weight is 355 g/mol. The molecule has 0 bridgehead atoms. The molecule has 4 heteroatoms. The zero-order chi connectivity index (χ0) is 14.6. The van der Waals surface area contributed by atoms with E-state index < -0.39 is 11.2 Å². The maximum Gasteiger partial charge on any atom is 0.294 e. The number of thioether (sulfide) groups is 1. The Bertz CT molecular complexity index is 570. The smallest absolute Gasteiger partial charge is 0.199 e. The second-order valence-corrected chi connectivity index (χ2v) is 6.39. The third-order valence-electron chi connectivity index (χ3n) is 2.79. The number of benzene rings is 2. The first-order valence-electron chi connectivity index (χ1n) is 6.01. The average Bonchev–Trinajstić information content (AvgIpc) is 2.46. The van der Waals surface area contributed by atoms with Crippen LogP contribution in [0.2, 0.25) is 0 Å². The van der Waals surface area contributed by atoms with Gasteiger partial charge in [-0.15, -0.1) is 11.8 Å². The molecule has 2 aromatic rings. The lowest BCUT2D eigenvalue weighted by atomic mass is 10.1. The quantitative estimate of drug-likeness (QED) is 0.587. The summed E-state index contributed by atoms with van der Waals surface area (Å²) in [5, 5.41) is -1.02. The van der Waals surface area contributed by atoms with Gasteiger partial charge >= 0.3 is 0 Å². The molecule has 0 aliphatic heterocycles. The molecule has 1 atom stereocenters. The Balaban J connectivity index is 2.37. The third-order valence-corrected chi connectivity index (χ3v) is 4.67. The summed E-state index contributed by atoms with van der Waals surface area (Å²) in [4.78, 5) is 0.801. The van der Waals surface area contributed by atoms with Crippen LogP contribution >= 0.6 is 27.7 Å². The maximum absolute atomic E-state index is 14.4. The Morgan fingerprint density at radius 1 is 1.00 bits per heavy atom. The van der Waals surface area contributed by atoms with Gasteiger partial charge in [0.05, 0.1) is 4.48 Å². The SMILES string of the molecule is C=C(Br)C(F)(F)C(Sc1ccccc1)c1ccccc1. The van der Waals surface area contributed by atoms with E-state index in [0.717, 1.165) is 16.7 Å². The molecule has 0 radical (unpaired) electrons. The highest BCUT2D eigenvalue weighted by Crippen LogP contribution is 2.50. The highest BCUT2D eigenvalue weighted by atomic mass is 79.9. The molecule has 0 aromatic heterocycles. The fourth-order valence-corrected chi connectivity index (χ4v) is 3.31. The first-order valence-corrected chi connectivity index (χ1v) is 7.68. The molecule has 2 aromatic carbocycles. The van der Waals surface area contributed by atoms with Crippen LogP contribution in [0.15, 0.2) is 76.6 Å². The largest absolute Gasteiger partial charge is 0.294 e. The van der Waals surface area contributed by atoms with E-state index in [1.807, 2.05) is 36.4 Å².